The monoisotopic (exact) mass is 396 g/mol. The first-order valence-electron chi connectivity index (χ1n) is 9.37. The third-order valence-electron chi connectivity index (χ3n) is 4.42. The van der Waals surface area contributed by atoms with E-state index in [2.05, 4.69) is 28.5 Å². The topological polar surface area (TPSA) is 47.9 Å². The molecule has 1 N–H and O–H groups in total. The number of hydrogen-bond acceptors (Lipinski definition) is 2. The minimum Gasteiger partial charge on any atom is -0.357 e. The number of likely N-dealkylation sites (N-methyl/N-ethyl adjacent to an activating group) is 1. The van der Waals surface area contributed by atoms with Crippen molar-refractivity contribution in [2.24, 2.45) is 4.99 Å². The highest BCUT2D eigenvalue weighted by Gasteiger charge is 2.31. The van der Waals surface area contributed by atoms with Crippen LogP contribution in [0.4, 0.5) is 13.2 Å². The van der Waals surface area contributed by atoms with Crippen molar-refractivity contribution in [3.05, 3.63) is 41.5 Å². The number of aliphatic imine (C=N–C) groups is 1. The zero-order valence-corrected chi connectivity index (χ0v) is 16.3. The Morgan fingerprint density at radius 2 is 1.89 bits per heavy atom. The molecule has 0 unspecified atom stereocenters. The number of hydrogen-bond donors (Lipinski definition) is 1. The number of piperidine rings is 1. The van der Waals surface area contributed by atoms with Crippen LogP contribution >= 0.6 is 0 Å². The minimum atomic E-state index is -4.41. The third kappa shape index (κ3) is 7.25. The summed E-state index contributed by atoms with van der Waals surface area (Å²) in [4.78, 5) is 18.9. The van der Waals surface area contributed by atoms with Gasteiger partial charge in [0.1, 0.15) is 13.1 Å². The second-order valence-electron chi connectivity index (χ2n) is 6.74. The molecule has 1 aliphatic rings. The van der Waals surface area contributed by atoms with E-state index >= 15 is 0 Å². The standard InChI is InChI=1S/C20H27F3N4O/c1-3-24-19(25-14-18(28)26(2)15-20(21,22)23)27-11-9-17(10-12-27)13-16-7-5-4-6-8-16/h4-8,13H,3,9-12,14-15H2,1-2H3,(H,24,25). The summed E-state index contributed by atoms with van der Waals surface area (Å²) in [6.45, 7) is 2.45. The average Bonchev–Trinajstić information content (AvgIpc) is 2.65. The van der Waals surface area contributed by atoms with Crippen molar-refractivity contribution < 1.29 is 18.0 Å². The van der Waals surface area contributed by atoms with Crippen molar-refractivity contribution in [2.75, 3.05) is 39.8 Å². The number of amides is 1. The molecule has 5 nitrogen and oxygen atoms in total. The van der Waals surface area contributed by atoms with Crippen LogP contribution in [0.15, 0.2) is 40.9 Å². The second-order valence-corrected chi connectivity index (χ2v) is 6.74. The summed E-state index contributed by atoms with van der Waals surface area (Å²) in [5, 5.41) is 3.12. The molecule has 1 heterocycles. The van der Waals surface area contributed by atoms with Gasteiger partial charge in [-0.2, -0.15) is 13.2 Å². The SMILES string of the molecule is CCNC(=NCC(=O)N(C)CC(F)(F)F)N1CCC(=Cc2ccccc2)CC1. The lowest BCUT2D eigenvalue weighted by Crippen LogP contribution is -2.45. The molecular formula is C20H27F3N4O. The molecule has 1 amide bonds. The van der Waals surface area contributed by atoms with Gasteiger partial charge in [0.05, 0.1) is 0 Å². The third-order valence-corrected chi connectivity index (χ3v) is 4.42. The number of benzene rings is 1. The molecule has 0 spiro atoms. The maximum absolute atomic E-state index is 12.4. The van der Waals surface area contributed by atoms with Crippen LogP contribution in [0.25, 0.3) is 6.08 Å². The van der Waals surface area contributed by atoms with Crippen molar-refractivity contribution in [3.8, 4) is 0 Å². The second kappa shape index (κ2) is 10.1. The molecule has 1 aromatic rings. The van der Waals surface area contributed by atoms with E-state index in [0.29, 0.717) is 17.4 Å². The molecular weight excluding hydrogens is 369 g/mol. The number of halogens is 3. The van der Waals surface area contributed by atoms with E-state index in [1.165, 1.54) is 11.1 Å². The zero-order chi connectivity index (χ0) is 20.6. The van der Waals surface area contributed by atoms with Gasteiger partial charge in [-0.15, -0.1) is 0 Å². The molecule has 154 valence electrons. The Morgan fingerprint density at radius 1 is 1.25 bits per heavy atom. The maximum Gasteiger partial charge on any atom is 0.406 e. The molecule has 0 atom stereocenters. The summed E-state index contributed by atoms with van der Waals surface area (Å²) in [6.07, 6.45) is -0.466. The molecule has 1 saturated heterocycles. The van der Waals surface area contributed by atoms with Gasteiger partial charge in [0.15, 0.2) is 5.96 Å². The quantitative estimate of drug-likeness (QED) is 0.614. The predicted octanol–water partition coefficient (Wildman–Crippen LogP) is 3.15. The van der Waals surface area contributed by atoms with E-state index in [0.717, 1.165) is 33.0 Å². The molecule has 1 fully saturated rings. The highest BCUT2D eigenvalue weighted by Crippen LogP contribution is 2.19. The first-order valence-corrected chi connectivity index (χ1v) is 9.37. The summed E-state index contributed by atoms with van der Waals surface area (Å²) in [5.74, 6) is -0.0931. The summed E-state index contributed by atoms with van der Waals surface area (Å²) in [7, 11) is 1.14. The predicted molar refractivity (Wildman–Crippen MR) is 105 cm³/mol. The van der Waals surface area contributed by atoms with Crippen LogP contribution in [0, 0.1) is 0 Å². The number of guanidine groups is 1. The van der Waals surface area contributed by atoms with Crippen LogP contribution in [0.2, 0.25) is 0 Å². The highest BCUT2D eigenvalue weighted by atomic mass is 19.4. The Balaban J connectivity index is 1.94. The fraction of sp³-hybridized carbons (Fsp3) is 0.500. The fourth-order valence-corrected chi connectivity index (χ4v) is 2.98. The fourth-order valence-electron chi connectivity index (χ4n) is 2.98. The molecule has 2 rings (SSSR count). The Morgan fingerprint density at radius 3 is 2.46 bits per heavy atom. The smallest absolute Gasteiger partial charge is 0.357 e. The number of rotatable bonds is 5. The zero-order valence-electron chi connectivity index (χ0n) is 16.3. The Hall–Kier alpha value is -2.51. The van der Waals surface area contributed by atoms with Gasteiger partial charge < -0.3 is 15.1 Å². The lowest BCUT2D eigenvalue weighted by molar-refractivity contribution is -0.157. The van der Waals surface area contributed by atoms with Crippen LogP contribution < -0.4 is 5.32 Å². The van der Waals surface area contributed by atoms with Gasteiger partial charge in [0.2, 0.25) is 5.91 Å². The minimum absolute atomic E-state index is 0.307. The number of carbonyl (C=O) groups is 1. The number of likely N-dealkylation sites (tertiary alicyclic amines) is 1. The van der Waals surface area contributed by atoms with E-state index in [4.69, 9.17) is 0 Å². The van der Waals surface area contributed by atoms with Gasteiger partial charge >= 0.3 is 6.18 Å². The van der Waals surface area contributed by atoms with Crippen LogP contribution in [0.1, 0.15) is 25.3 Å². The van der Waals surface area contributed by atoms with Crippen molar-refractivity contribution in [1.29, 1.82) is 0 Å². The molecule has 28 heavy (non-hydrogen) atoms. The molecule has 1 aliphatic heterocycles. The summed E-state index contributed by atoms with van der Waals surface area (Å²) in [6, 6.07) is 10.1. The van der Waals surface area contributed by atoms with Crippen LogP contribution in [-0.2, 0) is 4.79 Å². The molecule has 1 aromatic carbocycles. The van der Waals surface area contributed by atoms with Crippen LogP contribution in [0.3, 0.4) is 0 Å². The van der Waals surface area contributed by atoms with E-state index in [-0.39, 0.29) is 6.54 Å². The molecule has 0 radical (unpaired) electrons. The Labute approximate surface area is 163 Å². The highest BCUT2D eigenvalue weighted by molar-refractivity contribution is 5.85. The molecule has 0 bridgehead atoms. The van der Waals surface area contributed by atoms with Crippen molar-refractivity contribution in [3.63, 3.8) is 0 Å². The normalized spacial score (nSPS) is 15.4. The molecule has 0 aliphatic carbocycles. The van der Waals surface area contributed by atoms with Crippen molar-refractivity contribution in [2.45, 2.75) is 25.9 Å². The van der Waals surface area contributed by atoms with Gasteiger partial charge in [0, 0.05) is 26.7 Å². The summed E-state index contributed by atoms with van der Waals surface area (Å²) >= 11 is 0. The Bertz CT molecular complexity index is 691. The van der Waals surface area contributed by atoms with Crippen LogP contribution in [0.5, 0.6) is 0 Å². The average molecular weight is 396 g/mol. The van der Waals surface area contributed by atoms with Crippen LogP contribution in [-0.4, -0.2) is 67.6 Å². The molecule has 8 heteroatoms. The molecule has 0 saturated carbocycles. The first-order chi connectivity index (χ1) is 13.3. The number of nitrogens with zero attached hydrogens (tertiary/aromatic N) is 3. The maximum atomic E-state index is 12.4. The van der Waals surface area contributed by atoms with E-state index in [9.17, 15) is 18.0 Å². The van der Waals surface area contributed by atoms with E-state index in [1.807, 2.05) is 30.0 Å². The number of nitrogens with one attached hydrogen (secondary N) is 1. The van der Waals surface area contributed by atoms with Gasteiger partial charge in [0.25, 0.3) is 0 Å². The van der Waals surface area contributed by atoms with Crippen molar-refractivity contribution in [1.82, 2.24) is 15.1 Å². The largest absolute Gasteiger partial charge is 0.406 e. The van der Waals surface area contributed by atoms with Gasteiger partial charge in [-0.05, 0) is 25.3 Å². The summed E-state index contributed by atoms with van der Waals surface area (Å²) < 4.78 is 37.2. The lowest BCUT2D eigenvalue weighted by Gasteiger charge is -2.31. The van der Waals surface area contributed by atoms with Gasteiger partial charge in [-0.25, -0.2) is 4.99 Å². The lowest BCUT2D eigenvalue weighted by atomic mass is 10.0. The summed E-state index contributed by atoms with van der Waals surface area (Å²) in [5.41, 5.74) is 2.52. The van der Waals surface area contributed by atoms with Gasteiger partial charge in [-0.1, -0.05) is 42.0 Å². The number of alkyl halides is 3. The Kier molecular flexibility index (Phi) is 7.90. The number of carbonyl (C=O) groups excluding carboxylic acids is 1. The van der Waals surface area contributed by atoms with E-state index < -0.39 is 18.6 Å². The van der Waals surface area contributed by atoms with E-state index in [1.54, 1.807) is 0 Å². The molecule has 0 aromatic heterocycles. The first kappa shape index (κ1) is 21.8. The van der Waals surface area contributed by atoms with Gasteiger partial charge in [-0.3, -0.25) is 4.79 Å². The van der Waals surface area contributed by atoms with Crippen molar-refractivity contribution >= 4 is 17.9 Å².